The number of rotatable bonds is 4. The molecule has 1 aliphatic heterocycles. The summed E-state index contributed by atoms with van der Waals surface area (Å²) in [4.78, 5) is 18.3. The van der Waals surface area contributed by atoms with Gasteiger partial charge in [0, 0.05) is 42.6 Å². The average Bonchev–Trinajstić information content (AvgIpc) is 2.67. The maximum Gasteiger partial charge on any atom is 0.410 e. The van der Waals surface area contributed by atoms with E-state index in [9.17, 15) is 4.79 Å². The van der Waals surface area contributed by atoms with Gasteiger partial charge in [0.05, 0.1) is 7.11 Å². The van der Waals surface area contributed by atoms with Crippen LogP contribution < -0.4 is 15.8 Å². The summed E-state index contributed by atoms with van der Waals surface area (Å²) in [5.74, 6) is 1.28. The number of piperidine rings is 1. The van der Waals surface area contributed by atoms with E-state index in [2.05, 4.69) is 10.3 Å². The van der Waals surface area contributed by atoms with E-state index in [0.717, 1.165) is 35.4 Å². The number of benzene rings is 1. The van der Waals surface area contributed by atoms with Crippen molar-refractivity contribution in [2.24, 2.45) is 0 Å². The second kappa shape index (κ2) is 8.59. The zero-order valence-electron chi connectivity index (χ0n) is 17.6. The van der Waals surface area contributed by atoms with Crippen molar-refractivity contribution in [1.29, 1.82) is 0 Å². The van der Waals surface area contributed by atoms with Crippen molar-refractivity contribution in [2.45, 2.75) is 45.3 Å². The van der Waals surface area contributed by atoms with Crippen LogP contribution in [0, 0.1) is 0 Å². The molecule has 3 rings (SSSR count). The molecular formula is C22H30N4O3. The van der Waals surface area contributed by atoms with Crippen LogP contribution in [0.5, 0.6) is 5.75 Å². The van der Waals surface area contributed by atoms with E-state index >= 15 is 0 Å². The lowest BCUT2D eigenvalue weighted by Crippen LogP contribution is -2.44. The molecule has 1 aromatic carbocycles. The number of anilines is 2. The fourth-order valence-corrected chi connectivity index (χ4v) is 3.34. The second-order valence-electron chi connectivity index (χ2n) is 8.27. The molecule has 7 nitrogen and oxygen atoms in total. The molecule has 0 bridgehead atoms. The maximum atomic E-state index is 12.3. The smallest absolute Gasteiger partial charge is 0.410 e. The van der Waals surface area contributed by atoms with Crippen LogP contribution >= 0.6 is 0 Å². The van der Waals surface area contributed by atoms with Gasteiger partial charge in [0.25, 0.3) is 0 Å². The summed E-state index contributed by atoms with van der Waals surface area (Å²) >= 11 is 0. The second-order valence-corrected chi connectivity index (χ2v) is 8.27. The highest BCUT2D eigenvalue weighted by atomic mass is 16.6. The third-order valence-corrected chi connectivity index (χ3v) is 4.83. The Kier molecular flexibility index (Phi) is 6.15. The molecule has 0 radical (unpaired) electrons. The van der Waals surface area contributed by atoms with E-state index in [1.54, 1.807) is 18.2 Å². The number of aromatic nitrogens is 1. The van der Waals surface area contributed by atoms with Gasteiger partial charge in [-0.05, 0) is 51.3 Å². The first kappa shape index (κ1) is 20.8. The standard InChI is InChI=1S/C22H30N4O3/c1-22(2,3)29-21(27)26-11-9-16(10-12-26)25-19-13-20(23)24-14-18(19)15-5-7-17(28-4)8-6-15/h5-8,13-14,16H,9-12H2,1-4H3,(H3,23,24,25). The number of amides is 1. The minimum absolute atomic E-state index is 0.243. The first-order chi connectivity index (χ1) is 13.7. The van der Waals surface area contributed by atoms with E-state index in [-0.39, 0.29) is 12.1 Å². The predicted octanol–water partition coefficient (Wildman–Crippen LogP) is 4.15. The largest absolute Gasteiger partial charge is 0.497 e. The molecular weight excluding hydrogens is 368 g/mol. The van der Waals surface area contributed by atoms with E-state index in [0.29, 0.717) is 18.9 Å². The Morgan fingerprint density at radius 2 is 1.86 bits per heavy atom. The van der Waals surface area contributed by atoms with Crippen LogP contribution in [-0.4, -0.2) is 47.8 Å². The lowest BCUT2D eigenvalue weighted by Gasteiger charge is -2.34. The quantitative estimate of drug-likeness (QED) is 0.804. The SMILES string of the molecule is COc1ccc(-c2cnc(N)cc2NC2CCN(C(=O)OC(C)(C)C)CC2)cc1. The van der Waals surface area contributed by atoms with Crippen molar-refractivity contribution >= 4 is 17.6 Å². The summed E-state index contributed by atoms with van der Waals surface area (Å²) in [7, 11) is 1.65. The number of nitrogens with two attached hydrogens (primary N) is 1. The molecule has 0 aliphatic carbocycles. The van der Waals surface area contributed by atoms with Gasteiger partial charge in [0.15, 0.2) is 0 Å². The van der Waals surface area contributed by atoms with Crippen molar-refractivity contribution in [1.82, 2.24) is 9.88 Å². The number of ether oxygens (including phenoxy) is 2. The van der Waals surface area contributed by atoms with Crippen molar-refractivity contribution in [3.8, 4) is 16.9 Å². The minimum Gasteiger partial charge on any atom is -0.497 e. The Bertz CT molecular complexity index is 838. The molecule has 3 N–H and O–H groups in total. The molecule has 1 amide bonds. The summed E-state index contributed by atoms with van der Waals surface area (Å²) in [6, 6.07) is 9.96. The first-order valence-electron chi connectivity index (χ1n) is 9.89. The summed E-state index contributed by atoms with van der Waals surface area (Å²) in [6.07, 6.45) is 3.21. The Hall–Kier alpha value is -2.96. The van der Waals surface area contributed by atoms with Gasteiger partial charge in [-0.15, -0.1) is 0 Å². The molecule has 7 heteroatoms. The lowest BCUT2D eigenvalue weighted by molar-refractivity contribution is 0.0210. The molecule has 2 heterocycles. The number of nitrogens with zero attached hydrogens (tertiary/aromatic N) is 2. The van der Waals surface area contributed by atoms with E-state index in [1.807, 2.05) is 51.1 Å². The van der Waals surface area contributed by atoms with Crippen LogP contribution in [-0.2, 0) is 4.74 Å². The van der Waals surface area contributed by atoms with Gasteiger partial charge >= 0.3 is 6.09 Å². The number of likely N-dealkylation sites (tertiary alicyclic amines) is 1. The lowest BCUT2D eigenvalue weighted by atomic mass is 10.0. The van der Waals surface area contributed by atoms with E-state index in [1.165, 1.54) is 0 Å². The van der Waals surface area contributed by atoms with Gasteiger partial charge in [0.1, 0.15) is 17.2 Å². The Morgan fingerprint density at radius 1 is 1.21 bits per heavy atom. The maximum absolute atomic E-state index is 12.3. The van der Waals surface area contributed by atoms with Crippen LogP contribution in [0.2, 0.25) is 0 Å². The monoisotopic (exact) mass is 398 g/mol. The first-order valence-corrected chi connectivity index (χ1v) is 9.89. The fourth-order valence-electron chi connectivity index (χ4n) is 3.34. The van der Waals surface area contributed by atoms with Gasteiger partial charge in [-0.2, -0.15) is 0 Å². The third-order valence-electron chi connectivity index (χ3n) is 4.83. The molecule has 1 fully saturated rings. The zero-order valence-corrected chi connectivity index (χ0v) is 17.6. The zero-order chi connectivity index (χ0) is 21.0. The molecule has 156 valence electrons. The van der Waals surface area contributed by atoms with Crippen molar-refractivity contribution in [3.63, 3.8) is 0 Å². The van der Waals surface area contributed by atoms with Crippen LogP contribution in [0.3, 0.4) is 0 Å². The van der Waals surface area contributed by atoms with Gasteiger partial charge < -0.3 is 25.4 Å². The predicted molar refractivity (Wildman–Crippen MR) is 115 cm³/mol. The molecule has 0 saturated carbocycles. The fraction of sp³-hybridized carbons (Fsp3) is 0.455. The van der Waals surface area contributed by atoms with Crippen LogP contribution in [0.1, 0.15) is 33.6 Å². The number of pyridine rings is 1. The van der Waals surface area contributed by atoms with Crippen molar-refractivity contribution in [2.75, 3.05) is 31.2 Å². The highest BCUT2D eigenvalue weighted by Crippen LogP contribution is 2.31. The topological polar surface area (TPSA) is 89.7 Å². The van der Waals surface area contributed by atoms with Crippen molar-refractivity contribution < 1.29 is 14.3 Å². The summed E-state index contributed by atoms with van der Waals surface area (Å²) in [6.45, 7) is 6.96. The van der Waals surface area contributed by atoms with E-state index in [4.69, 9.17) is 15.2 Å². The number of carbonyl (C=O) groups is 1. The summed E-state index contributed by atoms with van der Waals surface area (Å²) in [5.41, 5.74) is 8.42. The number of hydrogen-bond acceptors (Lipinski definition) is 6. The Morgan fingerprint density at radius 3 is 2.45 bits per heavy atom. The number of carbonyl (C=O) groups excluding carboxylic acids is 1. The Labute approximate surface area is 172 Å². The van der Waals surface area contributed by atoms with Crippen LogP contribution in [0.25, 0.3) is 11.1 Å². The molecule has 1 aromatic heterocycles. The molecule has 1 aliphatic rings. The highest BCUT2D eigenvalue weighted by molar-refractivity contribution is 5.79. The molecule has 29 heavy (non-hydrogen) atoms. The summed E-state index contributed by atoms with van der Waals surface area (Å²) in [5, 5.41) is 3.60. The molecule has 0 unspecified atom stereocenters. The highest BCUT2D eigenvalue weighted by Gasteiger charge is 2.27. The number of nitrogen functional groups attached to an aromatic ring is 1. The number of methoxy groups -OCH3 is 1. The number of hydrogen-bond donors (Lipinski definition) is 2. The minimum atomic E-state index is -0.478. The normalized spacial score (nSPS) is 15.1. The summed E-state index contributed by atoms with van der Waals surface area (Å²) < 4.78 is 10.7. The van der Waals surface area contributed by atoms with Gasteiger partial charge in [-0.1, -0.05) is 12.1 Å². The van der Waals surface area contributed by atoms with Gasteiger partial charge in [-0.25, -0.2) is 9.78 Å². The third kappa shape index (κ3) is 5.53. The van der Waals surface area contributed by atoms with E-state index < -0.39 is 5.60 Å². The van der Waals surface area contributed by atoms with Crippen molar-refractivity contribution in [3.05, 3.63) is 36.5 Å². The average molecular weight is 399 g/mol. The van der Waals surface area contributed by atoms with Crippen LogP contribution in [0.4, 0.5) is 16.3 Å². The van der Waals surface area contributed by atoms with Crippen LogP contribution in [0.15, 0.2) is 36.5 Å². The number of nitrogens with one attached hydrogen (secondary N) is 1. The Balaban J connectivity index is 1.68. The molecule has 0 spiro atoms. The van der Waals surface area contributed by atoms with Gasteiger partial charge in [-0.3, -0.25) is 0 Å². The molecule has 1 saturated heterocycles. The van der Waals surface area contributed by atoms with Gasteiger partial charge in [0.2, 0.25) is 0 Å². The molecule has 2 aromatic rings. The molecule has 0 atom stereocenters.